The van der Waals surface area contributed by atoms with Gasteiger partial charge in [0.25, 0.3) is 5.19 Å². The van der Waals surface area contributed by atoms with E-state index in [1.165, 1.54) is 29.5 Å². The second kappa shape index (κ2) is 4.35. The van der Waals surface area contributed by atoms with Gasteiger partial charge >= 0.3 is 0 Å². The smallest absolute Gasteiger partial charge is 0.280 e. The van der Waals surface area contributed by atoms with Crippen molar-refractivity contribution < 1.29 is 9.13 Å². The molecule has 0 saturated carbocycles. The van der Waals surface area contributed by atoms with Crippen molar-refractivity contribution in [1.29, 1.82) is 0 Å². The Morgan fingerprint density at radius 2 is 2.13 bits per heavy atom. The van der Waals surface area contributed by atoms with Crippen LogP contribution >= 0.6 is 34.5 Å². The first kappa shape index (κ1) is 10.7. The van der Waals surface area contributed by atoms with Crippen LogP contribution in [0.15, 0.2) is 23.6 Å². The van der Waals surface area contributed by atoms with Crippen LogP contribution in [0.25, 0.3) is 0 Å². The number of benzene rings is 1. The van der Waals surface area contributed by atoms with E-state index in [-0.39, 0.29) is 5.75 Å². The topological polar surface area (TPSA) is 22.1 Å². The largest absolute Gasteiger partial charge is 0.428 e. The van der Waals surface area contributed by atoms with Gasteiger partial charge in [-0.3, -0.25) is 0 Å². The summed E-state index contributed by atoms with van der Waals surface area (Å²) in [5, 5.41) is 2.53. The number of aromatic nitrogens is 1. The van der Waals surface area contributed by atoms with Crippen molar-refractivity contribution in [2.75, 3.05) is 0 Å². The van der Waals surface area contributed by atoms with E-state index in [9.17, 15) is 4.39 Å². The van der Waals surface area contributed by atoms with E-state index < -0.39 is 5.82 Å². The minimum Gasteiger partial charge on any atom is -0.428 e. The standard InChI is InChI=1S/C9H4Cl2FNOS/c10-5-1-2-7(6(12)3-5)14-9-13-8(11)4-15-9/h1-4H. The first-order valence-electron chi connectivity index (χ1n) is 3.89. The van der Waals surface area contributed by atoms with Gasteiger partial charge in [0.1, 0.15) is 5.15 Å². The lowest BCUT2D eigenvalue weighted by molar-refractivity contribution is 0.440. The molecular weight excluding hydrogens is 260 g/mol. The van der Waals surface area contributed by atoms with E-state index in [1.807, 2.05) is 0 Å². The fourth-order valence-electron chi connectivity index (χ4n) is 0.938. The summed E-state index contributed by atoms with van der Waals surface area (Å²) in [7, 11) is 0. The second-order valence-electron chi connectivity index (χ2n) is 2.61. The van der Waals surface area contributed by atoms with Crippen molar-refractivity contribution in [2.24, 2.45) is 0 Å². The van der Waals surface area contributed by atoms with E-state index >= 15 is 0 Å². The van der Waals surface area contributed by atoms with E-state index in [2.05, 4.69) is 4.98 Å². The molecule has 2 aromatic rings. The lowest BCUT2D eigenvalue weighted by Crippen LogP contribution is -1.87. The zero-order valence-corrected chi connectivity index (χ0v) is 9.54. The van der Waals surface area contributed by atoms with Crippen LogP contribution in [0.4, 0.5) is 4.39 Å². The fraction of sp³-hybridized carbons (Fsp3) is 0. The fourth-order valence-corrected chi connectivity index (χ4v) is 1.90. The van der Waals surface area contributed by atoms with Gasteiger partial charge < -0.3 is 4.74 Å². The minimum absolute atomic E-state index is 0.0745. The molecule has 0 unspecified atom stereocenters. The van der Waals surface area contributed by atoms with Crippen LogP contribution in [0.5, 0.6) is 10.9 Å². The van der Waals surface area contributed by atoms with Gasteiger partial charge in [-0.2, -0.15) is 4.98 Å². The lowest BCUT2D eigenvalue weighted by atomic mass is 10.3. The van der Waals surface area contributed by atoms with Crippen LogP contribution in [-0.4, -0.2) is 4.98 Å². The summed E-state index contributed by atoms with van der Waals surface area (Å²) in [5.41, 5.74) is 0. The third-order valence-corrected chi connectivity index (χ3v) is 2.82. The van der Waals surface area contributed by atoms with E-state index in [0.29, 0.717) is 15.4 Å². The van der Waals surface area contributed by atoms with Crippen molar-refractivity contribution >= 4 is 34.5 Å². The number of thiazole rings is 1. The molecule has 0 N–H and O–H groups in total. The van der Waals surface area contributed by atoms with Crippen LogP contribution in [0.2, 0.25) is 10.2 Å². The molecule has 1 aromatic carbocycles. The Balaban J connectivity index is 2.24. The Kier molecular flexibility index (Phi) is 3.09. The molecule has 2 rings (SSSR count). The highest BCUT2D eigenvalue weighted by Gasteiger charge is 2.07. The van der Waals surface area contributed by atoms with Crippen molar-refractivity contribution in [1.82, 2.24) is 4.98 Å². The average molecular weight is 264 g/mol. The summed E-state index contributed by atoms with van der Waals surface area (Å²) in [6, 6.07) is 4.15. The van der Waals surface area contributed by atoms with Gasteiger partial charge in [-0.25, -0.2) is 4.39 Å². The predicted octanol–water partition coefficient (Wildman–Crippen LogP) is 4.38. The van der Waals surface area contributed by atoms with Gasteiger partial charge in [-0.1, -0.05) is 34.5 Å². The molecular formula is C9H4Cl2FNOS. The van der Waals surface area contributed by atoms with Crippen LogP contribution in [0, 0.1) is 5.82 Å². The molecule has 0 aliphatic rings. The molecule has 78 valence electrons. The molecule has 1 aromatic heterocycles. The van der Waals surface area contributed by atoms with Crippen LogP contribution in [0.3, 0.4) is 0 Å². The Morgan fingerprint density at radius 3 is 2.73 bits per heavy atom. The summed E-state index contributed by atoms with van der Waals surface area (Å²) >= 11 is 12.4. The summed E-state index contributed by atoms with van der Waals surface area (Å²) in [6.45, 7) is 0. The first-order chi connectivity index (χ1) is 7.15. The lowest BCUT2D eigenvalue weighted by Gasteiger charge is -2.02. The number of hydrogen-bond acceptors (Lipinski definition) is 3. The van der Waals surface area contributed by atoms with E-state index in [1.54, 1.807) is 5.38 Å². The quantitative estimate of drug-likeness (QED) is 0.802. The third-order valence-electron chi connectivity index (χ3n) is 1.55. The van der Waals surface area contributed by atoms with E-state index in [4.69, 9.17) is 27.9 Å². The average Bonchev–Trinajstić information content (AvgIpc) is 2.56. The SMILES string of the molecule is Fc1cc(Cl)ccc1Oc1nc(Cl)cs1. The maximum absolute atomic E-state index is 13.3. The zero-order chi connectivity index (χ0) is 10.8. The van der Waals surface area contributed by atoms with Crippen molar-refractivity contribution in [3.05, 3.63) is 39.6 Å². The molecule has 0 saturated heterocycles. The number of nitrogens with zero attached hydrogens (tertiary/aromatic N) is 1. The summed E-state index contributed by atoms with van der Waals surface area (Å²) in [6.07, 6.45) is 0. The monoisotopic (exact) mass is 263 g/mol. The van der Waals surface area contributed by atoms with Gasteiger partial charge in [0.05, 0.1) is 0 Å². The third kappa shape index (κ3) is 2.59. The zero-order valence-electron chi connectivity index (χ0n) is 7.21. The van der Waals surface area contributed by atoms with Gasteiger partial charge in [-0.05, 0) is 18.2 Å². The number of ether oxygens (including phenoxy) is 1. The molecule has 0 amide bonds. The normalized spacial score (nSPS) is 10.3. The molecule has 15 heavy (non-hydrogen) atoms. The molecule has 0 bridgehead atoms. The van der Waals surface area contributed by atoms with Crippen molar-refractivity contribution in [2.45, 2.75) is 0 Å². The molecule has 2 nitrogen and oxygen atoms in total. The van der Waals surface area contributed by atoms with Gasteiger partial charge in [0.2, 0.25) is 0 Å². The second-order valence-corrected chi connectivity index (χ2v) is 4.26. The maximum Gasteiger partial charge on any atom is 0.280 e. The summed E-state index contributed by atoms with van der Waals surface area (Å²) in [4.78, 5) is 3.83. The van der Waals surface area contributed by atoms with E-state index in [0.717, 1.165) is 0 Å². The maximum atomic E-state index is 13.3. The number of hydrogen-bond donors (Lipinski definition) is 0. The molecule has 6 heteroatoms. The predicted molar refractivity (Wildman–Crippen MR) is 58.6 cm³/mol. The Bertz CT molecular complexity index is 489. The minimum atomic E-state index is -0.533. The Labute approximate surface area is 99.2 Å². The first-order valence-corrected chi connectivity index (χ1v) is 5.52. The van der Waals surface area contributed by atoms with Gasteiger partial charge in [0, 0.05) is 10.4 Å². The highest BCUT2D eigenvalue weighted by molar-refractivity contribution is 7.11. The Hall–Kier alpha value is -0.840. The highest BCUT2D eigenvalue weighted by atomic mass is 35.5. The van der Waals surface area contributed by atoms with Gasteiger partial charge in [-0.15, -0.1) is 0 Å². The molecule has 0 aliphatic heterocycles. The molecule has 0 fully saturated rings. The Morgan fingerprint density at radius 1 is 1.33 bits per heavy atom. The van der Waals surface area contributed by atoms with Crippen LogP contribution < -0.4 is 4.74 Å². The van der Waals surface area contributed by atoms with Crippen molar-refractivity contribution in [3.63, 3.8) is 0 Å². The molecule has 1 heterocycles. The number of halogens is 3. The van der Waals surface area contributed by atoms with Crippen molar-refractivity contribution in [3.8, 4) is 10.9 Å². The van der Waals surface area contributed by atoms with Crippen LogP contribution in [0.1, 0.15) is 0 Å². The van der Waals surface area contributed by atoms with Gasteiger partial charge in [0.15, 0.2) is 11.6 Å². The summed E-state index contributed by atoms with van der Waals surface area (Å²) < 4.78 is 18.5. The summed E-state index contributed by atoms with van der Waals surface area (Å²) in [5.74, 6) is -0.459. The molecule has 0 radical (unpaired) electrons. The molecule has 0 atom stereocenters. The highest BCUT2D eigenvalue weighted by Crippen LogP contribution is 2.29. The number of rotatable bonds is 2. The van der Waals surface area contributed by atoms with Crippen LogP contribution in [-0.2, 0) is 0 Å². The molecule has 0 aliphatic carbocycles. The molecule has 0 spiro atoms.